The van der Waals surface area contributed by atoms with Gasteiger partial charge in [0, 0.05) is 35.0 Å². The number of nitrogens with one attached hydrogen (secondary N) is 1. The maximum atomic E-state index is 9.24. The third-order valence-corrected chi connectivity index (χ3v) is 6.01. The number of nitriles is 1. The highest BCUT2D eigenvalue weighted by atomic mass is 15.1. The van der Waals surface area contributed by atoms with Crippen molar-refractivity contribution in [2.75, 3.05) is 11.9 Å². The highest BCUT2D eigenvalue weighted by Crippen LogP contribution is 2.38. The average Bonchev–Trinajstić information content (AvgIpc) is 2.90. The Morgan fingerprint density at radius 2 is 1.30 bits per heavy atom. The Kier molecular flexibility index (Phi) is 5.59. The topological polar surface area (TPSA) is 31.5 Å². The van der Waals surface area contributed by atoms with Gasteiger partial charge in [0.25, 0.3) is 0 Å². The molecule has 0 radical (unpaired) electrons. The molecule has 5 aromatic rings. The molecule has 0 fully saturated rings. The van der Waals surface area contributed by atoms with Crippen molar-refractivity contribution >= 4 is 39.2 Å². The number of rotatable bonds is 5. The van der Waals surface area contributed by atoms with Gasteiger partial charge < -0.3 is 4.90 Å². The molecule has 3 heteroatoms. The zero-order chi connectivity index (χ0) is 22.6. The van der Waals surface area contributed by atoms with E-state index in [-0.39, 0.29) is 0 Å². The molecular weight excluding hydrogens is 402 g/mol. The number of para-hydroxylation sites is 1. The maximum Gasteiger partial charge on any atom is 0.137 e. The minimum atomic E-state index is 0.676. The molecule has 1 atom stereocenters. The van der Waals surface area contributed by atoms with E-state index in [1.807, 2.05) is 24.3 Å². The van der Waals surface area contributed by atoms with Crippen LogP contribution in [0.25, 0.3) is 10.8 Å². The van der Waals surface area contributed by atoms with Crippen LogP contribution < -0.4 is 9.80 Å². The number of anilines is 3. The number of quaternary nitrogens is 1. The van der Waals surface area contributed by atoms with Crippen molar-refractivity contribution < 1.29 is 4.90 Å². The molecule has 0 saturated heterocycles. The molecule has 0 amide bonds. The monoisotopic (exact) mass is 426 g/mol. The Morgan fingerprint density at radius 3 is 2.09 bits per heavy atom. The standard InChI is InChI=1S/C30H23N3/c1-32(28-14-7-9-23(21-28)22-31)25-17-19-27(20-18-25)33(26-12-3-2-4-13-26)30-16-8-11-24-10-5-6-15-29(24)30/h2-21H,1H3/p+1. The van der Waals surface area contributed by atoms with E-state index < -0.39 is 0 Å². The second-order valence-electron chi connectivity index (χ2n) is 8.03. The second-order valence-corrected chi connectivity index (χ2v) is 8.03. The quantitative estimate of drug-likeness (QED) is 0.341. The molecule has 158 valence electrons. The summed E-state index contributed by atoms with van der Waals surface area (Å²) in [6, 6.07) is 44.0. The lowest BCUT2D eigenvalue weighted by atomic mass is 10.1. The van der Waals surface area contributed by atoms with Gasteiger partial charge in [-0.05, 0) is 47.9 Å². The van der Waals surface area contributed by atoms with Crippen molar-refractivity contribution in [3.63, 3.8) is 0 Å². The molecule has 3 nitrogen and oxygen atoms in total. The molecule has 0 bridgehead atoms. The van der Waals surface area contributed by atoms with Crippen molar-refractivity contribution in [1.82, 2.24) is 0 Å². The summed E-state index contributed by atoms with van der Waals surface area (Å²) in [6.07, 6.45) is 0. The van der Waals surface area contributed by atoms with E-state index >= 15 is 0 Å². The molecule has 0 aliphatic rings. The summed E-state index contributed by atoms with van der Waals surface area (Å²) >= 11 is 0. The van der Waals surface area contributed by atoms with E-state index in [0.717, 1.165) is 33.3 Å². The molecule has 0 aliphatic heterocycles. The van der Waals surface area contributed by atoms with Crippen LogP contribution in [-0.2, 0) is 0 Å². The first-order valence-electron chi connectivity index (χ1n) is 11.0. The van der Waals surface area contributed by atoms with Crippen LogP contribution in [0.5, 0.6) is 0 Å². The fraction of sp³-hybridized carbons (Fsp3) is 0.0333. The van der Waals surface area contributed by atoms with Gasteiger partial charge in [-0.15, -0.1) is 0 Å². The summed E-state index contributed by atoms with van der Waals surface area (Å²) in [5.74, 6) is 0. The zero-order valence-electron chi connectivity index (χ0n) is 18.4. The van der Waals surface area contributed by atoms with Gasteiger partial charge in [0.05, 0.1) is 24.4 Å². The molecule has 5 aromatic carbocycles. The lowest BCUT2D eigenvalue weighted by Gasteiger charge is -2.27. The third kappa shape index (κ3) is 4.08. The number of hydrogen-bond acceptors (Lipinski definition) is 2. The van der Waals surface area contributed by atoms with Gasteiger partial charge in [-0.2, -0.15) is 5.26 Å². The van der Waals surface area contributed by atoms with Crippen molar-refractivity contribution in [3.05, 3.63) is 127 Å². The molecule has 0 spiro atoms. The Morgan fingerprint density at radius 1 is 0.636 bits per heavy atom. The van der Waals surface area contributed by atoms with Gasteiger partial charge in [-0.25, -0.2) is 0 Å². The molecule has 0 aliphatic carbocycles. The first-order chi connectivity index (χ1) is 16.2. The van der Waals surface area contributed by atoms with E-state index in [1.165, 1.54) is 10.8 Å². The summed E-state index contributed by atoms with van der Waals surface area (Å²) in [6.45, 7) is 0. The van der Waals surface area contributed by atoms with E-state index in [4.69, 9.17) is 0 Å². The minimum Gasteiger partial charge on any atom is -0.310 e. The van der Waals surface area contributed by atoms with Crippen molar-refractivity contribution in [2.24, 2.45) is 0 Å². The molecule has 5 rings (SSSR count). The number of nitrogens with zero attached hydrogens (tertiary/aromatic N) is 2. The summed E-state index contributed by atoms with van der Waals surface area (Å²) in [7, 11) is 2.10. The van der Waals surface area contributed by atoms with Crippen LogP contribution in [0, 0.1) is 11.3 Å². The Hall–Kier alpha value is -4.39. The van der Waals surface area contributed by atoms with Crippen LogP contribution in [0.1, 0.15) is 5.56 Å². The summed E-state index contributed by atoms with van der Waals surface area (Å²) in [4.78, 5) is 3.45. The van der Waals surface area contributed by atoms with E-state index in [0.29, 0.717) is 5.56 Å². The molecule has 33 heavy (non-hydrogen) atoms. The van der Waals surface area contributed by atoms with Gasteiger partial charge in [0.2, 0.25) is 0 Å². The highest BCUT2D eigenvalue weighted by molar-refractivity contribution is 5.98. The number of benzene rings is 5. The molecule has 0 aromatic heterocycles. The highest BCUT2D eigenvalue weighted by Gasteiger charge is 2.17. The first-order valence-corrected chi connectivity index (χ1v) is 11.0. The number of hydrogen-bond donors (Lipinski definition) is 1. The molecule has 0 saturated carbocycles. The predicted octanol–water partition coefficient (Wildman–Crippen LogP) is 6.66. The van der Waals surface area contributed by atoms with Crippen LogP contribution in [-0.4, -0.2) is 7.05 Å². The molecule has 1 unspecified atom stereocenters. The molecular formula is C30H24N3+. The van der Waals surface area contributed by atoms with Gasteiger partial charge in [0.15, 0.2) is 0 Å². The summed E-state index contributed by atoms with van der Waals surface area (Å²) in [5, 5.41) is 11.7. The Balaban J connectivity index is 1.57. The van der Waals surface area contributed by atoms with E-state index in [1.54, 1.807) is 0 Å². The minimum absolute atomic E-state index is 0.676. The predicted molar refractivity (Wildman–Crippen MR) is 136 cm³/mol. The fourth-order valence-corrected chi connectivity index (χ4v) is 4.26. The Bertz CT molecular complexity index is 1430. The summed E-state index contributed by atoms with van der Waals surface area (Å²) < 4.78 is 0. The lowest BCUT2D eigenvalue weighted by Crippen LogP contribution is -2.98. The van der Waals surface area contributed by atoms with Crippen LogP contribution in [0.4, 0.5) is 28.4 Å². The van der Waals surface area contributed by atoms with Crippen molar-refractivity contribution in [2.45, 2.75) is 0 Å². The summed E-state index contributed by atoms with van der Waals surface area (Å²) in [5.41, 5.74) is 6.24. The zero-order valence-corrected chi connectivity index (χ0v) is 18.4. The van der Waals surface area contributed by atoms with Gasteiger partial charge in [-0.1, -0.05) is 60.7 Å². The molecule has 0 heterocycles. The second kappa shape index (κ2) is 9.00. The number of fused-ring (bicyclic) bond motifs is 1. The first kappa shape index (κ1) is 20.5. The van der Waals surface area contributed by atoms with E-state index in [9.17, 15) is 5.26 Å². The van der Waals surface area contributed by atoms with E-state index in [2.05, 4.69) is 115 Å². The van der Waals surface area contributed by atoms with Crippen molar-refractivity contribution in [3.8, 4) is 6.07 Å². The molecule has 1 N–H and O–H groups in total. The Labute approximate surface area is 194 Å². The van der Waals surface area contributed by atoms with Crippen molar-refractivity contribution in [1.29, 1.82) is 5.26 Å². The van der Waals surface area contributed by atoms with Crippen LogP contribution in [0.3, 0.4) is 0 Å². The SMILES string of the molecule is C[NH+](c1ccc(N(c2ccccc2)c2cccc3ccccc23)cc1)c1cccc(C#N)c1. The van der Waals surface area contributed by atoms with Crippen LogP contribution in [0.15, 0.2) is 121 Å². The normalized spacial score (nSPS) is 11.6. The van der Waals surface area contributed by atoms with Gasteiger partial charge in [-0.3, -0.25) is 4.90 Å². The maximum absolute atomic E-state index is 9.24. The third-order valence-electron chi connectivity index (χ3n) is 6.01. The van der Waals surface area contributed by atoms with Gasteiger partial charge >= 0.3 is 0 Å². The van der Waals surface area contributed by atoms with Gasteiger partial charge in [0.1, 0.15) is 11.4 Å². The fourth-order valence-electron chi connectivity index (χ4n) is 4.26. The van der Waals surface area contributed by atoms with Crippen LogP contribution >= 0.6 is 0 Å². The average molecular weight is 427 g/mol. The van der Waals surface area contributed by atoms with Crippen LogP contribution in [0.2, 0.25) is 0 Å². The smallest absolute Gasteiger partial charge is 0.137 e. The lowest BCUT2D eigenvalue weighted by molar-refractivity contribution is -0.735. The largest absolute Gasteiger partial charge is 0.310 e.